The normalized spacial score (nSPS) is 17.0. The zero-order valence-electron chi connectivity index (χ0n) is 14.2. The molecule has 130 valence electrons. The molecular weight excluding hydrogens is 308 g/mol. The van der Waals surface area contributed by atoms with Gasteiger partial charge in [0.05, 0.1) is 18.5 Å². The first-order chi connectivity index (χ1) is 11.6. The van der Waals surface area contributed by atoms with Gasteiger partial charge >= 0.3 is 6.03 Å². The highest BCUT2D eigenvalue weighted by atomic mass is 16.5. The van der Waals surface area contributed by atoms with E-state index in [-0.39, 0.29) is 12.1 Å². The van der Waals surface area contributed by atoms with Gasteiger partial charge in [-0.25, -0.2) is 4.79 Å². The Morgan fingerprint density at radius 1 is 1.33 bits per heavy atom. The first-order valence-corrected chi connectivity index (χ1v) is 8.32. The number of hydrogen-bond acceptors (Lipinski definition) is 5. The Morgan fingerprint density at radius 2 is 2.12 bits per heavy atom. The van der Waals surface area contributed by atoms with E-state index in [0.717, 1.165) is 36.8 Å². The molecule has 3 rings (SSSR count). The lowest BCUT2D eigenvalue weighted by atomic mass is 10.2. The van der Waals surface area contributed by atoms with Gasteiger partial charge in [-0.3, -0.25) is 4.90 Å². The van der Waals surface area contributed by atoms with Crippen LogP contribution in [0.1, 0.15) is 24.1 Å². The van der Waals surface area contributed by atoms with E-state index in [1.165, 1.54) is 0 Å². The second kappa shape index (κ2) is 7.53. The predicted octanol–water partition coefficient (Wildman–Crippen LogP) is 2.03. The SMILES string of the molecule is Cc1cc(CN2CCN(C(=O)NC(C)Cc3ccco3)CC2)on1. The van der Waals surface area contributed by atoms with E-state index >= 15 is 0 Å². The highest BCUT2D eigenvalue weighted by molar-refractivity contribution is 5.74. The molecule has 0 bridgehead atoms. The van der Waals surface area contributed by atoms with Gasteiger partial charge in [0.15, 0.2) is 5.76 Å². The van der Waals surface area contributed by atoms with Crippen molar-refractivity contribution < 1.29 is 13.7 Å². The summed E-state index contributed by atoms with van der Waals surface area (Å²) in [5.41, 5.74) is 0.897. The lowest BCUT2D eigenvalue weighted by Gasteiger charge is -2.34. The number of furan rings is 1. The van der Waals surface area contributed by atoms with Crippen LogP contribution in [0.5, 0.6) is 0 Å². The highest BCUT2D eigenvalue weighted by Gasteiger charge is 2.23. The standard InChI is InChI=1S/C17H24N4O3/c1-13(10-15-4-3-9-23-15)18-17(22)21-7-5-20(6-8-21)12-16-11-14(2)19-24-16/h3-4,9,11,13H,5-8,10,12H2,1-2H3,(H,18,22). The van der Waals surface area contributed by atoms with Crippen LogP contribution in [0, 0.1) is 6.92 Å². The molecule has 2 aromatic heterocycles. The minimum Gasteiger partial charge on any atom is -0.469 e. The fourth-order valence-corrected chi connectivity index (χ4v) is 2.90. The molecule has 7 heteroatoms. The van der Waals surface area contributed by atoms with Gasteiger partial charge in [-0.1, -0.05) is 5.16 Å². The Hall–Kier alpha value is -2.28. The number of rotatable bonds is 5. The average Bonchev–Trinajstić information content (AvgIpc) is 3.20. The van der Waals surface area contributed by atoms with Gasteiger partial charge < -0.3 is 19.2 Å². The van der Waals surface area contributed by atoms with Crippen LogP contribution in [0.15, 0.2) is 33.4 Å². The number of aromatic nitrogens is 1. The van der Waals surface area contributed by atoms with Crippen LogP contribution in [0.4, 0.5) is 4.79 Å². The van der Waals surface area contributed by atoms with Crippen LogP contribution < -0.4 is 5.32 Å². The molecule has 1 saturated heterocycles. The van der Waals surface area contributed by atoms with Crippen molar-refractivity contribution in [3.05, 3.63) is 41.7 Å². The molecule has 1 fully saturated rings. The van der Waals surface area contributed by atoms with Crippen molar-refractivity contribution in [3.63, 3.8) is 0 Å². The van der Waals surface area contributed by atoms with Gasteiger partial charge in [0, 0.05) is 44.7 Å². The Bertz CT molecular complexity index is 645. The summed E-state index contributed by atoms with van der Waals surface area (Å²) >= 11 is 0. The van der Waals surface area contributed by atoms with E-state index in [9.17, 15) is 4.79 Å². The number of piperazine rings is 1. The Morgan fingerprint density at radius 3 is 2.75 bits per heavy atom. The van der Waals surface area contributed by atoms with E-state index in [4.69, 9.17) is 8.94 Å². The molecule has 3 heterocycles. The van der Waals surface area contributed by atoms with Crippen molar-refractivity contribution >= 4 is 6.03 Å². The Balaban J connectivity index is 1.41. The van der Waals surface area contributed by atoms with Crippen LogP contribution in [0.3, 0.4) is 0 Å². The summed E-state index contributed by atoms with van der Waals surface area (Å²) in [5, 5.41) is 6.94. The van der Waals surface area contributed by atoms with Crippen LogP contribution in [-0.4, -0.2) is 53.2 Å². The minimum absolute atomic E-state index is 0.00999. The van der Waals surface area contributed by atoms with Crippen molar-refractivity contribution in [1.29, 1.82) is 0 Å². The molecule has 0 spiro atoms. The largest absolute Gasteiger partial charge is 0.469 e. The summed E-state index contributed by atoms with van der Waals surface area (Å²) < 4.78 is 10.6. The number of aryl methyl sites for hydroxylation is 1. The number of nitrogens with zero attached hydrogens (tertiary/aromatic N) is 3. The van der Waals surface area contributed by atoms with Gasteiger partial charge in [-0.15, -0.1) is 0 Å². The number of amides is 2. The Kier molecular flexibility index (Phi) is 5.20. The summed E-state index contributed by atoms with van der Waals surface area (Å²) in [6, 6.07) is 5.77. The molecule has 1 aliphatic rings. The average molecular weight is 332 g/mol. The smallest absolute Gasteiger partial charge is 0.317 e. The van der Waals surface area contributed by atoms with E-state index in [2.05, 4.69) is 15.4 Å². The molecule has 2 aromatic rings. The number of nitrogens with one attached hydrogen (secondary N) is 1. The Labute approximate surface area is 141 Å². The lowest BCUT2D eigenvalue weighted by molar-refractivity contribution is 0.126. The van der Waals surface area contributed by atoms with Crippen molar-refractivity contribution in [2.75, 3.05) is 26.2 Å². The molecule has 1 aliphatic heterocycles. The molecule has 7 nitrogen and oxygen atoms in total. The fourth-order valence-electron chi connectivity index (χ4n) is 2.90. The van der Waals surface area contributed by atoms with Crippen LogP contribution in [-0.2, 0) is 13.0 Å². The monoisotopic (exact) mass is 332 g/mol. The number of carbonyl (C=O) groups excluding carboxylic acids is 1. The summed E-state index contributed by atoms with van der Waals surface area (Å²) in [7, 11) is 0. The van der Waals surface area contributed by atoms with Gasteiger partial charge in [0.25, 0.3) is 0 Å². The van der Waals surface area contributed by atoms with Crippen molar-refractivity contribution in [2.24, 2.45) is 0 Å². The van der Waals surface area contributed by atoms with E-state index in [0.29, 0.717) is 19.5 Å². The summed E-state index contributed by atoms with van der Waals surface area (Å²) in [6.45, 7) is 7.74. The minimum atomic E-state index is -0.00999. The summed E-state index contributed by atoms with van der Waals surface area (Å²) in [4.78, 5) is 16.5. The second-order valence-electron chi connectivity index (χ2n) is 6.33. The maximum Gasteiger partial charge on any atom is 0.317 e. The van der Waals surface area contributed by atoms with Crippen molar-refractivity contribution in [2.45, 2.75) is 32.9 Å². The third kappa shape index (κ3) is 4.38. The van der Waals surface area contributed by atoms with Gasteiger partial charge in [0.2, 0.25) is 0 Å². The molecule has 24 heavy (non-hydrogen) atoms. The predicted molar refractivity (Wildman–Crippen MR) is 88.5 cm³/mol. The fraction of sp³-hybridized carbons (Fsp3) is 0.529. The van der Waals surface area contributed by atoms with Crippen LogP contribution >= 0.6 is 0 Å². The molecule has 0 saturated carbocycles. The number of urea groups is 1. The molecule has 1 atom stereocenters. The third-order valence-corrected chi connectivity index (χ3v) is 4.17. The molecule has 0 radical (unpaired) electrons. The molecule has 2 amide bonds. The van der Waals surface area contributed by atoms with Crippen LogP contribution in [0.2, 0.25) is 0 Å². The van der Waals surface area contributed by atoms with E-state index in [1.54, 1.807) is 6.26 Å². The topological polar surface area (TPSA) is 74.8 Å². The van der Waals surface area contributed by atoms with Gasteiger partial charge in [0.1, 0.15) is 5.76 Å². The first kappa shape index (κ1) is 16.6. The van der Waals surface area contributed by atoms with E-state index < -0.39 is 0 Å². The molecule has 0 aromatic carbocycles. The zero-order valence-corrected chi connectivity index (χ0v) is 14.2. The molecule has 1 unspecified atom stereocenters. The van der Waals surface area contributed by atoms with E-state index in [1.807, 2.05) is 36.9 Å². The molecular formula is C17H24N4O3. The summed E-state index contributed by atoms with van der Waals surface area (Å²) in [5.74, 6) is 1.76. The molecule has 1 N–H and O–H groups in total. The lowest BCUT2D eigenvalue weighted by Crippen LogP contribution is -2.53. The quantitative estimate of drug-likeness (QED) is 0.907. The van der Waals surface area contributed by atoms with Crippen LogP contribution in [0.25, 0.3) is 0 Å². The zero-order chi connectivity index (χ0) is 16.9. The maximum absolute atomic E-state index is 12.3. The first-order valence-electron chi connectivity index (χ1n) is 8.32. The second-order valence-corrected chi connectivity index (χ2v) is 6.33. The van der Waals surface area contributed by atoms with Crippen molar-refractivity contribution in [1.82, 2.24) is 20.3 Å². The van der Waals surface area contributed by atoms with Gasteiger partial charge in [-0.2, -0.15) is 0 Å². The van der Waals surface area contributed by atoms with Gasteiger partial charge in [-0.05, 0) is 26.0 Å². The number of carbonyl (C=O) groups is 1. The summed E-state index contributed by atoms with van der Waals surface area (Å²) in [6.07, 6.45) is 2.35. The van der Waals surface area contributed by atoms with Crippen molar-refractivity contribution in [3.8, 4) is 0 Å². The number of hydrogen-bond donors (Lipinski definition) is 1. The molecule has 0 aliphatic carbocycles. The maximum atomic E-state index is 12.3. The highest BCUT2D eigenvalue weighted by Crippen LogP contribution is 2.10. The third-order valence-electron chi connectivity index (χ3n) is 4.17.